The number of fused-ring (bicyclic) bond motifs is 1. The fraction of sp³-hybridized carbons (Fsp3) is 0.640. The molecule has 2 aliphatic rings. The van der Waals surface area contributed by atoms with Crippen LogP contribution < -0.4 is 0 Å². The summed E-state index contributed by atoms with van der Waals surface area (Å²) in [6.45, 7) is 6.59. The standard InChI is InChI=1S/C25H34ClNO3/c1-4-5-12-30-24(29)20-14-19-18(13-21(20)26)16-25(2,3)27-22(19)15-23(28)17-10-8-6-7-9-11-17/h13-14,17H,4-12,15-16H2,1-3H3. The van der Waals surface area contributed by atoms with Crippen molar-refractivity contribution in [3.63, 3.8) is 0 Å². The molecule has 1 heterocycles. The molecule has 1 fully saturated rings. The summed E-state index contributed by atoms with van der Waals surface area (Å²) in [6, 6.07) is 3.65. The summed E-state index contributed by atoms with van der Waals surface area (Å²) in [5.41, 5.74) is 2.78. The molecule has 0 atom stereocenters. The maximum absolute atomic E-state index is 13.1. The summed E-state index contributed by atoms with van der Waals surface area (Å²) in [5.74, 6) is 0.00585. The van der Waals surface area contributed by atoms with Gasteiger partial charge < -0.3 is 4.74 Å². The van der Waals surface area contributed by atoms with Crippen molar-refractivity contribution < 1.29 is 14.3 Å². The van der Waals surface area contributed by atoms with E-state index in [4.69, 9.17) is 21.3 Å². The quantitative estimate of drug-likeness (QED) is 0.287. The maximum Gasteiger partial charge on any atom is 0.339 e. The number of aliphatic imine (C=N–C) groups is 1. The topological polar surface area (TPSA) is 55.7 Å². The number of hydrogen-bond donors (Lipinski definition) is 0. The van der Waals surface area contributed by atoms with Crippen LogP contribution in [-0.2, 0) is 16.0 Å². The number of esters is 1. The van der Waals surface area contributed by atoms with Crippen LogP contribution in [0.2, 0.25) is 5.02 Å². The smallest absolute Gasteiger partial charge is 0.339 e. The van der Waals surface area contributed by atoms with Gasteiger partial charge in [-0.15, -0.1) is 0 Å². The van der Waals surface area contributed by atoms with Crippen molar-refractivity contribution in [2.75, 3.05) is 6.61 Å². The molecule has 0 spiro atoms. The van der Waals surface area contributed by atoms with Crippen LogP contribution >= 0.6 is 11.6 Å². The second-order valence-electron chi connectivity index (χ2n) is 9.36. The highest BCUT2D eigenvalue weighted by atomic mass is 35.5. The zero-order valence-corrected chi connectivity index (χ0v) is 19.3. The van der Waals surface area contributed by atoms with Crippen LogP contribution in [0.4, 0.5) is 0 Å². The molecule has 0 amide bonds. The Kier molecular flexibility index (Phi) is 7.73. The largest absolute Gasteiger partial charge is 0.462 e. The van der Waals surface area contributed by atoms with Gasteiger partial charge in [0, 0.05) is 17.9 Å². The minimum Gasteiger partial charge on any atom is -0.462 e. The Bertz CT molecular complexity index is 820. The van der Waals surface area contributed by atoms with Crippen LogP contribution in [0.5, 0.6) is 0 Å². The van der Waals surface area contributed by atoms with E-state index in [1.165, 1.54) is 12.8 Å². The third-order valence-electron chi connectivity index (χ3n) is 6.17. The minimum atomic E-state index is -0.407. The first-order valence-electron chi connectivity index (χ1n) is 11.4. The molecule has 1 aliphatic carbocycles. The molecule has 1 saturated carbocycles. The molecule has 0 bridgehead atoms. The van der Waals surface area contributed by atoms with Crippen LogP contribution in [0.25, 0.3) is 0 Å². The van der Waals surface area contributed by atoms with E-state index >= 15 is 0 Å². The molecule has 0 radical (unpaired) electrons. The molecular weight excluding hydrogens is 398 g/mol. The molecule has 30 heavy (non-hydrogen) atoms. The third kappa shape index (κ3) is 5.72. The van der Waals surface area contributed by atoms with Gasteiger partial charge in [0.15, 0.2) is 0 Å². The van der Waals surface area contributed by atoms with E-state index < -0.39 is 5.97 Å². The highest BCUT2D eigenvalue weighted by Gasteiger charge is 2.31. The Balaban J connectivity index is 1.87. The molecular formula is C25H34ClNO3. The van der Waals surface area contributed by atoms with E-state index in [1.54, 1.807) is 6.07 Å². The lowest BCUT2D eigenvalue weighted by Gasteiger charge is -2.30. The summed E-state index contributed by atoms with van der Waals surface area (Å²) >= 11 is 6.45. The monoisotopic (exact) mass is 431 g/mol. The minimum absolute atomic E-state index is 0.134. The number of carbonyl (C=O) groups excluding carboxylic acids is 2. The number of ether oxygens (including phenoxy) is 1. The second kappa shape index (κ2) is 10.1. The van der Waals surface area contributed by atoms with Gasteiger partial charge in [-0.2, -0.15) is 0 Å². The summed E-state index contributed by atoms with van der Waals surface area (Å²) in [4.78, 5) is 30.6. The third-order valence-corrected chi connectivity index (χ3v) is 6.48. The lowest BCUT2D eigenvalue weighted by atomic mass is 9.83. The Hall–Kier alpha value is -1.68. The number of ketones is 1. The Labute approximate surface area is 185 Å². The molecule has 164 valence electrons. The number of unbranched alkanes of at least 4 members (excludes halogenated alkanes) is 1. The van der Waals surface area contributed by atoms with Crippen molar-refractivity contribution in [1.29, 1.82) is 0 Å². The number of Topliss-reactive ketones (excluding diaryl/α,β-unsaturated/α-hetero) is 1. The number of rotatable bonds is 7. The summed E-state index contributed by atoms with van der Waals surface area (Å²) in [5, 5.41) is 0.405. The zero-order chi connectivity index (χ0) is 21.7. The van der Waals surface area contributed by atoms with Gasteiger partial charge in [0.2, 0.25) is 0 Å². The highest BCUT2D eigenvalue weighted by Crippen LogP contribution is 2.33. The Morgan fingerprint density at radius 3 is 2.53 bits per heavy atom. The lowest BCUT2D eigenvalue weighted by molar-refractivity contribution is -0.122. The summed E-state index contributed by atoms with van der Waals surface area (Å²) < 4.78 is 5.38. The van der Waals surface area contributed by atoms with Crippen LogP contribution in [-0.4, -0.2) is 29.6 Å². The van der Waals surface area contributed by atoms with E-state index in [9.17, 15) is 9.59 Å². The number of benzene rings is 1. The molecule has 1 aromatic rings. The van der Waals surface area contributed by atoms with Crippen molar-refractivity contribution in [3.05, 3.63) is 33.8 Å². The van der Waals surface area contributed by atoms with Gasteiger partial charge >= 0.3 is 5.97 Å². The van der Waals surface area contributed by atoms with Crippen molar-refractivity contribution in [3.8, 4) is 0 Å². The maximum atomic E-state index is 13.1. The van der Waals surface area contributed by atoms with Gasteiger partial charge in [0.25, 0.3) is 0 Å². The van der Waals surface area contributed by atoms with Crippen LogP contribution in [0, 0.1) is 5.92 Å². The van der Waals surface area contributed by atoms with Crippen molar-refractivity contribution in [1.82, 2.24) is 0 Å². The fourth-order valence-corrected chi connectivity index (χ4v) is 4.81. The van der Waals surface area contributed by atoms with E-state index in [-0.39, 0.29) is 17.2 Å². The fourth-order valence-electron chi connectivity index (χ4n) is 4.55. The van der Waals surface area contributed by atoms with E-state index in [1.807, 2.05) is 6.07 Å². The first kappa shape index (κ1) is 23.0. The summed E-state index contributed by atoms with van der Waals surface area (Å²) in [7, 11) is 0. The molecule has 0 saturated heterocycles. The van der Waals surface area contributed by atoms with Crippen LogP contribution in [0.3, 0.4) is 0 Å². The van der Waals surface area contributed by atoms with Gasteiger partial charge in [-0.1, -0.05) is 50.6 Å². The number of carbonyl (C=O) groups is 2. The Morgan fingerprint density at radius 1 is 1.17 bits per heavy atom. The Morgan fingerprint density at radius 2 is 1.87 bits per heavy atom. The van der Waals surface area contributed by atoms with Gasteiger partial charge in [0.1, 0.15) is 5.78 Å². The van der Waals surface area contributed by atoms with Gasteiger partial charge in [-0.3, -0.25) is 9.79 Å². The molecule has 1 aliphatic heterocycles. The predicted octanol–water partition coefficient (Wildman–Crippen LogP) is 6.35. The van der Waals surface area contributed by atoms with Crippen LogP contribution in [0.1, 0.15) is 100 Å². The van der Waals surface area contributed by atoms with Crippen molar-refractivity contribution in [2.45, 2.75) is 90.5 Å². The van der Waals surface area contributed by atoms with E-state index in [0.29, 0.717) is 23.6 Å². The zero-order valence-electron chi connectivity index (χ0n) is 18.6. The predicted molar refractivity (Wildman–Crippen MR) is 122 cm³/mol. The first-order chi connectivity index (χ1) is 14.3. The molecule has 0 N–H and O–H groups in total. The average molecular weight is 432 g/mol. The molecule has 5 heteroatoms. The van der Waals surface area contributed by atoms with Gasteiger partial charge in [-0.25, -0.2) is 4.79 Å². The molecule has 1 aromatic carbocycles. The van der Waals surface area contributed by atoms with Crippen LogP contribution in [0.15, 0.2) is 17.1 Å². The number of nitrogens with zero attached hydrogens (tertiary/aromatic N) is 1. The SMILES string of the molecule is CCCCOC(=O)c1cc2c(cc1Cl)CC(C)(C)N=C2CC(=O)C1CCCCCC1. The van der Waals surface area contributed by atoms with E-state index in [0.717, 1.165) is 61.8 Å². The van der Waals surface area contributed by atoms with Crippen molar-refractivity contribution in [2.24, 2.45) is 10.9 Å². The van der Waals surface area contributed by atoms with Gasteiger partial charge in [0.05, 0.1) is 28.4 Å². The molecule has 4 nitrogen and oxygen atoms in total. The average Bonchev–Trinajstić information content (AvgIpc) is 2.96. The van der Waals surface area contributed by atoms with Gasteiger partial charge in [-0.05, 0) is 57.2 Å². The molecule has 3 rings (SSSR count). The second-order valence-corrected chi connectivity index (χ2v) is 9.77. The first-order valence-corrected chi connectivity index (χ1v) is 11.8. The lowest BCUT2D eigenvalue weighted by Crippen LogP contribution is -2.31. The number of hydrogen-bond acceptors (Lipinski definition) is 4. The van der Waals surface area contributed by atoms with E-state index in [2.05, 4.69) is 20.8 Å². The number of halogens is 1. The van der Waals surface area contributed by atoms with Crippen molar-refractivity contribution >= 4 is 29.1 Å². The molecule has 0 aromatic heterocycles. The normalized spacial score (nSPS) is 18.9. The molecule has 0 unspecified atom stereocenters. The summed E-state index contributed by atoms with van der Waals surface area (Å²) in [6.07, 6.45) is 9.52. The highest BCUT2D eigenvalue weighted by molar-refractivity contribution is 6.34.